The van der Waals surface area contributed by atoms with Gasteiger partial charge >= 0.3 is 33.6 Å². The summed E-state index contributed by atoms with van der Waals surface area (Å²) >= 11 is 0. The van der Waals surface area contributed by atoms with E-state index in [1.165, 1.54) is 64.2 Å². The molecular formula is C93H152O16P2. The number of allylic oxidation sites excluding steroid dienone is 32. The number of hydrogen-bond donors (Lipinski definition) is 4. The molecule has 0 saturated carbocycles. The molecule has 0 aliphatic rings. The number of ether oxygens (including phenoxy) is 3. The fourth-order valence-corrected chi connectivity index (χ4v) is 12.5. The van der Waals surface area contributed by atoms with Crippen LogP contribution >= 0.6 is 15.6 Å². The normalized spacial score (nSPS) is 14.8. The first-order chi connectivity index (χ1) is 54.2. The first-order valence-electron chi connectivity index (χ1n) is 42.7. The molecule has 18 heteroatoms. The van der Waals surface area contributed by atoms with E-state index in [0.29, 0.717) is 19.3 Å². The maximum absolute atomic E-state index is 13.0. The van der Waals surface area contributed by atoms with Gasteiger partial charge in [0.05, 0.1) is 26.4 Å². The third kappa shape index (κ3) is 85.1. The van der Waals surface area contributed by atoms with Crippen LogP contribution in [0.5, 0.6) is 0 Å². The summed E-state index contributed by atoms with van der Waals surface area (Å²) in [6, 6.07) is 0. The van der Waals surface area contributed by atoms with Gasteiger partial charge in [-0.3, -0.25) is 32.5 Å². The Kier molecular flexibility index (Phi) is 79.6. The van der Waals surface area contributed by atoms with Crippen LogP contribution in [-0.2, 0) is 55.8 Å². The molecule has 4 N–H and O–H groups in total. The number of esters is 3. The molecule has 0 aliphatic heterocycles. The van der Waals surface area contributed by atoms with Gasteiger partial charge in [-0.05, 0) is 161 Å². The van der Waals surface area contributed by atoms with Gasteiger partial charge in [0.25, 0.3) is 0 Å². The molecule has 5 unspecified atom stereocenters. The third-order valence-corrected chi connectivity index (χ3v) is 19.2. The average Bonchev–Trinajstić information content (AvgIpc) is 0.920. The van der Waals surface area contributed by atoms with Crippen LogP contribution in [0.25, 0.3) is 0 Å². The number of unbranched alkanes of at least 4 members (excludes halogenated alkanes) is 24. The molecule has 630 valence electrons. The van der Waals surface area contributed by atoms with Crippen molar-refractivity contribution in [2.45, 2.75) is 334 Å². The lowest BCUT2D eigenvalue weighted by molar-refractivity contribution is -0.161. The van der Waals surface area contributed by atoms with Crippen LogP contribution in [0.1, 0.15) is 316 Å². The number of hydrogen-bond acceptors (Lipinski definition) is 14. The second-order valence-corrected chi connectivity index (χ2v) is 30.7. The Labute approximate surface area is 674 Å². The largest absolute Gasteiger partial charge is 0.472 e. The molecule has 5 atom stereocenters. The maximum Gasteiger partial charge on any atom is 0.472 e. The molecule has 0 fully saturated rings. The lowest BCUT2D eigenvalue weighted by Gasteiger charge is -2.21. The predicted molar refractivity (Wildman–Crippen MR) is 463 cm³/mol. The molecule has 0 aromatic rings. The van der Waals surface area contributed by atoms with Crippen molar-refractivity contribution < 1.29 is 75.8 Å². The Morgan fingerprint density at radius 2 is 0.450 bits per heavy atom. The zero-order valence-corrected chi connectivity index (χ0v) is 70.8. The van der Waals surface area contributed by atoms with Gasteiger partial charge in [0, 0.05) is 19.3 Å². The van der Waals surface area contributed by atoms with E-state index in [2.05, 4.69) is 215 Å². The Bertz CT molecular complexity index is 2800. The Morgan fingerprint density at radius 1 is 0.252 bits per heavy atom. The van der Waals surface area contributed by atoms with Crippen molar-refractivity contribution in [3.63, 3.8) is 0 Å². The fourth-order valence-electron chi connectivity index (χ4n) is 10.9. The van der Waals surface area contributed by atoms with Gasteiger partial charge in [-0.15, -0.1) is 0 Å². The summed E-state index contributed by atoms with van der Waals surface area (Å²) in [6.45, 7) is 2.30. The summed E-state index contributed by atoms with van der Waals surface area (Å²) < 4.78 is 61.3. The summed E-state index contributed by atoms with van der Waals surface area (Å²) in [4.78, 5) is 58.9. The smallest absolute Gasteiger partial charge is 0.463 e. The standard InChI is InChI=1S/C93H152O16P2/c1-4-7-10-13-16-19-22-25-28-31-34-37-40-42-43-45-48-49-52-55-58-61-64-67-70-73-76-79-91(96)103-82-88(94)83-105-110(99,100)106-84-89(95)85-107-111(101,102)108-87-90(109-93(98)81-78-75-72-69-66-63-60-57-54-51-46-39-36-33-30-27-24-21-18-15-12-9-6-3)86-104-92(97)80-77-74-71-68-65-62-59-56-53-50-47-44-41-38-35-32-29-26-23-20-17-14-11-8-5-2/h7-12,16-21,25-30,34-39,42-44,47,51,54,60,63,88-90,94-95H,4-6,13-15,22-24,31-33,40-41,45-46,48-50,52-53,55-59,61-62,64-87H2,1-3H3,(H,99,100)(H,101,102)/b10-7-,11-8-,12-9-,19-16-,20-17-,21-18-,28-25-,29-26-,30-27-,37-34-,38-35-,39-36-,43-42-,47-44-,54-51-,63-60-. The zero-order valence-electron chi connectivity index (χ0n) is 69.1. The quantitative estimate of drug-likeness (QED) is 0.0146. The zero-order chi connectivity index (χ0) is 80.8. The van der Waals surface area contributed by atoms with Gasteiger partial charge in [-0.2, -0.15) is 0 Å². The molecular weight excluding hydrogens is 1430 g/mol. The van der Waals surface area contributed by atoms with E-state index in [4.69, 9.17) is 32.3 Å². The number of rotatable bonds is 79. The van der Waals surface area contributed by atoms with Crippen molar-refractivity contribution >= 4 is 33.6 Å². The average molecular weight is 1590 g/mol. The summed E-state index contributed by atoms with van der Waals surface area (Å²) in [5, 5.41) is 20.7. The van der Waals surface area contributed by atoms with Crippen LogP contribution in [0.15, 0.2) is 194 Å². The van der Waals surface area contributed by atoms with Crippen LogP contribution < -0.4 is 0 Å². The minimum Gasteiger partial charge on any atom is -0.463 e. The van der Waals surface area contributed by atoms with Gasteiger partial charge < -0.3 is 34.2 Å². The van der Waals surface area contributed by atoms with Gasteiger partial charge in [0.15, 0.2) is 6.10 Å². The second kappa shape index (κ2) is 83.8. The lowest BCUT2D eigenvalue weighted by atomic mass is 10.0. The van der Waals surface area contributed by atoms with Crippen LogP contribution in [0.2, 0.25) is 0 Å². The highest BCUT2D eigenvalue weighted by Gasteiger charge is 2.29. The Morgan fingerprint density at radius 3 is 0.712 bits per heavy atom. The number of phosphoric acid groups is 2. The minimum absolute atomic E-state index is 0.0657. The summed E-state index contributed by atoms with van der Waals surface area (Å²) in [6.07, 6.45) is 110. The molecule has 0 radical (unpaired) electrons. The number of carbonyl (C=O) groups is 3. The van der Waals surface area contributed by atoms with E-state index in [0.717, 1.165) is 193 Å². The molecule has 0 rings (SSSR count). The number of aliphatic hydroxyl groups is 2. The van der Waals surface area contributed by atoms with Crippen LogP contribution in [0.4, 0.5) is 0 Å². The summed E-state index contributed by atoms with van der Waals surface area (Å²) in [5.41, 5.74) is 0. The summed E-state index contributed by atoms with van der Waals surface area (Å²) in [5.74, 6) is -1.62. The number of phosphoric ester groups is 2. The molecule has 0 spiro atoms. The van der Waals surface area contributed by atoms with E-state index in [-0.39, 0.29) is 19.3 Å². The lowest BCUT2D eigenvalue weighted by Crippen LogP contribution is -2.30. The van der Waals surface area contributed by atoms with E-state index in [1.807, 2.05) is 0 Å². The molecule has 0 amide bonds. The van der Waals surface area contributed by atoms with E-state index in [1.54, 1.807) is 0 Å². The van der Waals surface area contributed by atoms with Crippen molar-refractivity contribution in [3.05, 3.63) is 194 Å². The topological polar surface area (TPSA) is 231 Å². The highest BCUT2D eigenvalue weighted by molar-refractivity contribution is 7.47. The molecule has 111 heavy (non-hydrogen) atoms. The van der Waals surface area contributed by atoms with Crippen molar-refractivity contribution in [3.8, 4) is 0 Å². The monoisotopic (exact) mass is 1590 g/mol. The highest BCUT2D eigenvalue weighted by Crippen LogP contribution is 2.45. The number of aliphatic hydroxyl groups excluding tert-OH is 2. The van der Waals surface area contributed by atoms with E-state index >= 15 is 0 Å². The second-order valence-electron chi connectivity index (χ2n) is 27.8. The first-order valence-corrected chi connectivity index (χ1v) is 45.7. The minimum atomic E-state index is -4.96. The van der Waals surface area contributed by atoms with Crippen molar-refractivity contribution in [2.24, 2.45) is 0 Å². The van der Waals surface area contributed by atoms with Gasteiger partial charge in [-0.1, -0.05) is 331 Å². The van der Waals surface area contributed by atoms with Crippen molar-refractivity contribution in [2.75, 3.05) is 39.6 Å². The molecule has 0 heterocycles. The van der Waals surface area contributed by atoms with E-state index in [9.17, 15) is 43.5 Å². The van der Waals surface area contributed by atoms with Crippen LogP contribution in [0, 0.1) is 0 Å². The van der Waals surface area contributed by atoms with Crippen molar-refractivity contribution in [1.29, 1.82) is 0 Å². The van der Waals surface area contributed by atoms with Gasteiger partial charge in [-0.25, -0.2) is 9.13 Å². The molecule has 0 bridgehead atoms. The van der Waals surface area contributed by atoms with Crippen LogP contribution in [0.3, 0.4) is 0 Å². The molecule has 16 nitrogen and oxygen atoms in total. The molecule has 0 aliphatic carbocycles. The van der Waals surface area contributed by atoms with Gasteiger partial charge in [0.1, 0.15) is 25.4 Å². The van der Waals surface area contributed by atoms with Gasteiger partial charge in [0.2, 0.25) is 0 Å². The summed E-state index contributed by atoms with van der Waals surface area (Å²) in [7, 11) is -9.83. The van der Waals surface area contributed by atoms with Crippen molar-refractivity contribution in [1.82, 2.24) is 0 Å². The number of carbonyl (C=O) groups excluding carboxylic acids is 3. The maximum atomic E-state index is 13.0. The highest BCUT2D eigenvalue weighted by atomic mass is 31.2. The first kappa shape index (κ1) is 105. The van der Waals surface area contributed by atoms with Crippen LogP contribution in [-0.4, -0.2) is 95.9 Å². The molecule has 0 saturated heterocycles. The fraction of sp³-hybridized carbons (Fsp3) is 0.624. The molecule has 0 aromatic heterocycles. The SMILES string of the molecule is CC/C=C\C/C=C\C/C=C\C/C=C\C/C=C\C/C=C\CCCCCCC(=O)OC(COC(=O)CCCCCCCCCCC/C=C\C/C=C\C/C=C\C/C=C\C/C=C\CC)COP(=O)(O)OCC(O)COP(=O)(O)OCC(O)COC(=O)CCCCCCCCCCCCC/C=C\C/C=C\C/C=C\C/C=C\C/C=C\CC. The predicted octanol–water partition coefficient (Wildman–Crippen LogP) is 25.9. The Balaban J connectivity index is 4.72. The Hall–Kier alpha value is -5.61. The van der Waals surface area contributed by atoms with E-state index < -0.39 is 91.5 Å². The molecule has 0 aromatic carbocycles. The third-order valence-electron chi connectivity index (χ3n) is 17.3.